The van der Waals surface area contributed by atoms with E-state index in [4.69, 9.17) is 14.3 Å². The summed E-state index contributed by atoms with van der Waals surface area (Å²) in [7, 11) is 0. The van der Waals surface area contributed by atoms with Crippen LogP contribution in [0.3, 0.4) is 0 Å². The lowest BCUT2D eigenvalue weighted by Crippen LogP contribution is -2.26. The molecule has 1 fully saturated rings. The van der Waals surface area contributed by atoms with Crippen LogP contribution in [0.25, 0.3) is 11.3 Å². The van der Waals surface area contributed by atoms with Gasteiger partial charge in [0.15, 0.2) is 0 Å². The van der Waals surface area contributed by atoms with Crippen molar-refractivity contribution in [2.75, 3.05) is 6.54 Å². The number of nitrogens with one attached hydrogen (secondary N) is 1. The van der Waals surface area contributed by atoms with E-state index in [9.17, 15) is 27.9 Å². The van der Waals surface area contributed by atoms with Crippen molar-refractivity contribution in [2.24, 2.45) is 5.92 Å². The number of amides is 1. The second kappa shape index (κ2) is 12.4. The lowest BCUT2D eigenvalue weighted by Gasteiger charge is -2.30. The van der Waals surface area contributed by atoms with Gasteiger partial charge in [-0.3, -0.25) is 9.59 Å². The highest BCUT2D eigenvalue weighted by molar-refractivity contribution is 5.94. The van der Waals surface area contributed by atoms with E-state index in [0.29, 0.717) is 28.2 Å². The van der Waals surface area contributed by atoms with Crippen molar-refractivity contribution >= 4 is 11.9 Å². The summed E-state index contributed by atoms with van der Waals surface area (Å²) in [5.41, 5.74) is 0.674. The molecule has 1 atom stereocenters. The van der Waals surface area contributed by atoms with Crippen molar-refractivity contribution in [1.29, 1.82) is 0 Å². The number of hydrogen-bond donors (Lipinski definition) is 3. The van der Waals surface area contributed by atoms with E-state index in [0.717, 1.165) is 44.2 Å². The highest BCUT2D eigenvalue weighted by atomic mass is 19.4. The first-order valence-corrected chi connectivity index (χ1v) is 12.8. The minimum atomic E-state index is -4.45. The van der Waals surface area contributed by atoms with Gasteiger partial charge in [-0.2, -0.15) is 13.2 Å². The minimum Gasteiger partial charge on any atom is -0.485 e. The van der Waals surface area contributed by atoms with Crippen LogP contribution in [0, 0.1) is 5.92 Å². The maximum Gasteiger partial charge on any atom is 0.416 e. The molecule has 4 rings (SSSR count). The van der Waals surface area contributed by atoms with Gasteiger partial charge in [0.1, 0.15) is 30.0 Å². The average Bonchev–Trinajstić information content (AvgIpc) is 3.36. The van der Waals surface area contributed by atoms with Gasteiger partial charge < -0.3 is 24.7 Å². The monoisotopic (exact) mass is 545 g/mol. The van der Waals surface area contributed by atoms with Crippen LogP contribution in [0.5, 0.6) is 5.75 Å². The number of halogens is 3. The van der Waals surface area contributed by atoms with Crippen LogP contribution < -0.4 is 10.1 Å². The molecule has 1 aliphatic rings. The van der Waals surface area contributed by atoms with E-state index in [1.54, 1.807) is 30.3 Å². The normalized spacial score (nSPS) is 15.1. The first-order chi connectivity index (χ1) is 18.7. The maximum absolute atomic E-state index is 13.0. The Labute approximate surface area is 223 Å². The SMILES string of the molecule is O=C(O)CCNC(=O)c1ccc(OC(c2cc(-c3ccc(C(F)(F)F)cc3)oc2CO)C2CCCCC2)cc1. The number of carbonyl (C=O) groups excluding carboxylic acids is 1. The average molecular weight is 546 g/mol. The summed E-state index contributed by atoms with van der Waals surface area (Å²) in [6, 6.07) is 12.8. The Kier molecular flexibility index (Phi) is 8.96. The van der Waals surface area contributed by atoms with Crippen LogP contribution in [0.15, 0.2) is 59.0 Å². The van der Waals surface area contributed by atoms with Crippen molar-refractivity contribution in [3.05, 3.63) is 77.0 Å². The number of carbonyl (C=O) groups is 2. The predicted octanol–water partition coefficient (Wildman–Crippen LogP) is 6.36. The Morgan fingerprint density at radius 3 is 2.28 bits per heavy atom. The molecule has 0 spiro atoms. The molecule has 2 aromatic carbocycles. The number of benzene rings is 2. The number of aliphatic carboxylic acids is 1. The third kappa shape index (κ3) is 7.20. The van der Waals surface area contributed by atoms with E-state index in [1.807, 2.05) is 0 Å². The van der Waals surface area contributed by atoms with Crippen LogP contribution in [0.2, 0.25) is 0 Å². The molecule has 1 aliphatic carbocycles. The molecule has 1 saturated carbocycles. The summed E-state index contributed by atoms with van der Waals surface area (Å²) in [5, 5.41) is 21.3. The summed E-state index contributed by atoms with van der Waals surface area (Å²) in [5.74, 6) is -0.161. The molecular formula is C29H30F3NO6. The topological polar surface area (TPSA) is 109 Å². The Balaban J connectivity index is 1.58. The highest BCUT2D eigenvalue weighted by Gasteiger charge is 2.32. The Hall–Kier alpha value is -3.79. The van der Waals surface area contributed by atoms with E-state index in [-0.39, 0.29) is 24.6 Å². The minimum absolute atomic E-state index is 0.0157. The van der Waals surface area contributed by atoms with Gasteiger partial charge >= 0.3 is 12.1 Å². The number of rotatable bonds is 10. The summed E-state index contributed by atoms with van der Waals surface area (Å²) in [4.78, 5) is 22.9. The molecule has 0 radical (unpaired) electrons. The number of ether oxygens (including phenoxy) is 1. The zero-order valence-corrected chi connectivity index (χ0v) is 21.2. The van der Waals surface area contributed by atoms with Crippen molar-refractivity contribution in [3.8, 4) is 17.1 Å². The number of carboxylic acids is 1. The molecule has 10 heteroatoms. The lowest BCUT2D eigenvalue weighted by molar-refractivity contribution is -0.138. The zero-order chi connectivity index (χ0) is 28.0. The standard InChI is InChI=1S/C29H30F3NO6/c30-29(31,32)21-10-6-18(7-11-21)24-16-23(25(17-34)39-24)27(19-4-2-1-3-5-19)38-22-12-8-20(9-13-22)28(37)33-15-14-26(35)36/h6-13,16,19,27,34H,1-5,14-15,17H2,(H,33,37)(H,35,36). The molecule has 0 aliphatic heterocycles. The van der Waals surface area contributed by atoms with Crippen molar-refractivity contribution in [3.63, 3.8) is 0 Å². The third-order valence-electron chi connectivity index (χ3n) is 6.87. The number of alkyl halides is 3. The van der Waals surface area contributed by atoms with Gasteiger partial charge in [-0.25, -0.2) is 0 Å². The van der Waals surface area contributed by atoms with E-state index >= 15 is 0 Å². The molecule has 1 aromatic heterocycles. The van der Waals surface area contributed by atoms with Crippen molar-refractivity contribution < 1.29 is 42.1 Å². The van der Waals surface area contributed by atoms with Crippen LogP contribution in [0.4, 0.5) is 13.2 Å². The van der Waals surface area contributed by atoms with E-state index in [1.165, 1.54) is 12.1 Å². The van der Waals surface area contributed by atoms with Gasteiger partial charge in [-0.05, 0) is 55.3 Å². The Bertz CT molecular complexity index is 1260. The molecule has 39 heavy (non-hydrogen) atoms. The summed E-state index contributed by atoms with van der Waals surface area (Å²) in [6.45, 7) is -0.389. The van der Waals surface area contributed by atoms with Crippen molar-refractivity contribution in [2.45, 2.75) is 57.4 Å². The summed E-state index contributed by atoms with van der Waals surface area (Å²) < 4.78 is 51.3. The van der Waals surface area contributed by atoms with Gasteiger partial charge in [0.2, 0.25) is 0 Å². The first-order valence-electron chi connectivity index (χ1n) is 12.8. The maximum atomic E-state index is 13.0. The van der Waals surface area contributed by atoms with Gasteiger partial charge in [-0.1, -0.05) is 31.4 Å². The van der Waals surface area contributed by atoms with Crippen LogP contribution >= 0.6 is 0 Å². The van der Waals surface area contributed by atoms with Crippen LogP contribution in [0.1, 0.15) is 71.9 Å². The molecule has 3 N–H and O–H groups in total. The first kappa shape index (κ1) is 28.2. The summed E-state index contributed by atoms with van der Waals surface area (Å²) in [6.07, 6.45) is -0.129. The summed E-state index contributed by atoms with van der Waals surface area (Å²) >= 11 is 0. The molecule has 7 nitrogen and oxygen atoms in total. The van der Waals surface area contributed by atoms with E-state index in [2.05, 4.69) is 5.32 Å². The van der Waals surface area contributed by atoms with Gasteiger partial charge in [0, 0.05) is 29.2 Å². The number of carboxylic acid groups (broad SMARTS) is 1. The molecule has 1 unspecified atom stereocenters. The lowest BCUT2D eigenvalue weighted by atomic mass is 9.82. The quantitative estimate of drug-likeness (QED) is 0.274. The zero-order valence-electron chi connectivity index (χ0n) is 21.2. The molecule has 208 valence electrons. The smallest absolute Gasteiger partial charge is 0.416 e. The highest BCUT2D eigenvalue weighted by Crippen LogP contribution is 2.41. The van der Waals surface area contributed by atoms with Gasteiger partial charge in [0.05, 0.1) is 12.0 Å². The fourth-order valence-corrected chi connectivity index (χ4v) is 4.84. The molecule has 3 aromatic rings. The molecular weight excluding hydrogens is 515 g/mol. The Morgan fingerprint density at radius 1 is 1.03 bits per heavy atom. The second-order valence-corrected chi connectivity index (χ2v) is 9.58. The predicted molar refractivity (Wildman–Crippen MR) is 136 cm³/mol. The fraction of sp³-hybridized carbons (Fsp3) is 0.379. The largest absolute Gasteiger partial charge is 0.485 e. The second-order valence-electron chi connectivity index (χ2n) is 9.58. The molecule has 1 heterocycles. The molecule has 1 amide bonds. The third-order valence-corrected chi connectivity index (χ3v) is 6.87. The number of hydrogen-bond acceptors (Lipinski definition) is 5. The number of aliphatic hydroxyl groups is 1. The number of furan rings is 1. The molecule has 0 bridgehead atoms. The molecule has 0 saturated heterocycles. The Morgan fingerprint density at radius 2 is 1.69 bits per heavy atom. The van der Waals surface area contributed by atoms with Crippen LogP contribution in [-0.2, 0) is 17.6 Å². The van der Waals surface area contributed by atoms with Crippen molar-refractivity contribution in [1.82, 2.24) is 5.32 Å². The fourth-order valence-electron chi connectivity index (χ4n) is 4.84. The van der Waals surface area contributed by atoms with Gasteiger partial charge in [0.25, 0.3) is 5.91 Å². The van der Waals surface area contributed by atoms with E-state index < -0.39 is 36.3 Å². The number of aliphatic hydroxyl groups excluding tert-OH is 1. The van der Waals surface area contributed by atoms with Crippen LogP contribution in [-0.4, -0.2) is 28.6 Å². The van der Waals surface area contributed by atoms with Gasteiger partial charge in [-0.15, -0.1) is 0 Å².